The van der Waals surface area contributed by atoms with Crippen LogP contribution in [0.15, 0.2) is 72.8 Å². The predicted octanol–water partition coefficient (Wildman–Crippen LogP) is 3.22. The Bertz CT molecular complexity index is 1400. The monoisotopic (exact) mass is 518 g/mol. The normalized spacial score (nSPS) is 13.0. The number of hydrogen-bond acceptors (Lipinski definition) is 6. The highest BCUT2D eigenvalue weighted by Gasteiger charge is 2.30. The summed E-state index contributed by atoms with van der Waals surface area (Å²) in [5.74, 6) is 1.89. The van der Waals surface area contributed by atoms with Crippen LogP contribution < -0.4 is 14.8 Å². The van der Waals surface area contributed by atoms with Crippen LogP contribution in [0.25, 0.3) is 11.1 Å². The number of ether oxygens (including phenoxy) is 2. The third-order valence-corrected chi connectivity index (χ3v) is 6.50. The fourth-order valence-corrected chi connectivity index (χ4v) is 4.84. The molecular weight excluding hydrogens is 492 g/mol. The number of rotatable bonds is 9. The van der Waals surface area contributed by atoms with Crippen molar-refractivity contribution >= 4 is 22.0 Å². The molecule has 0 heterocycles. The summed E-state index contributed by atoms with van der Waals surface area (Å²) in [7, 11) is -3.84. The molecular formula is C28H26N2O6S. The van der Waals surface area contributed by atoms with E-state index in [-0.39, 0.29) is 25.6 Å². The molecule has 0 fully saturated rings. The van der Waals surface area contributed by atoms with Crippen LogP contribution in [0.4, 0.5) is 4.79 Å². The third-order valence-electron chi connectivity index (χ3n) is 5.92. The van der Waals surface area contributed by atoms with Crippen molar-refractivity contribution in [3.05, 3.63) is 89.5 Å². The zero-order chi connectivity index (χ0) is 26.4. The first-order valence-electron chi connectivity index (χ1n) is 11.5. The molecule has 0 radical (unpaired) electrons. The van der Waals surface area contributed by atoms with Crippen LogP contribution in [-0.2, 0) is 26.0 Å². The van der Waals surface area contributed by atoms with E-state index in [9.17, 15) is 18.0 Å². The van der Waals surface area contributed by atoms with Crippen molar-refractivity contribution in [2.45, 2.75) is 18.4 Å². The molecule has 0 aromatic heterocycles. The highest BCUT2D eigenvalue weighted by atomic mass is 32.2. The van der Waals surface area contributed by atoms with Gasteiger partial charge in [0.1, 0.15) is 25.0 Å². The number of hydrogen-bond donors (Lipinski definition) is 2. The van der Waals surface area contributed by atoms with E-state index >= 15 is 0 Å². The molecule has 0 aliphatic heterocycles. The second-order valence-electron chi connectivity index (χ2n) is 8.60. The number of amides is 2. The Balaban J connectivity index is 1.45. The molecule has 0 bridgehead atoms. The van der Waals surface area contributed by atoms with E-state index in [0.717, 1.165) is 28.5 Å². The lowest BCUT2D eigenvalue weighted by Crippen LogP contribution is -2.49. The van der Waals surface area contributed by atoms with Crippen LogP contribution in [0.2, 0.25) is 0 Å². The smallest absolute Gasteiger partial charge is 0.407 e. The van der Waals surface area contributed by atoms with Gasteiger partial charge in [0, 0.05) is 12.3 Å². The molecule has 1 aliphatic rings. The topological polar surface area (TPSA) is 111 Å². The first-order chi connectivity index (χ1) is 17.7. The van der Waals surface area contributed by atoms with Crippen LogP contribution >= 0.6 is 0 Å². The van der Waals surface area contributed by atoms with Crippen molar-refractivity contribution in [1.82, 2.24) is 10.0 Å². The fourth-order valence-electron chi connectivity index (χ4n) is 4.33. The minimum Gasteiger partial charge on any atom is -0.481 e. The van der Waals surface area contributed by atoms with E-state index < -0.39 is 28.1 Å². The number of fused-ring (bicyclic) bond motifs is 3. The van der Waals surface area contributed by atoms with E-state index in [1.165, 1.54) is 0 Å². The molecule has 9 heteroatoms. The zero-order valence-electron chi connectivity index (χ0n) is 20.1. The SMILES string of the molecule is C#CCOc1ccc(C[C@H](NC(=O)OCC2c3ccccc3-c3ccccc32)C(=O)NS(C)(=O)=O)cc1. The minimum absolute atomic E-state index is 0.0287. The van der Waals surface area contributed by atoms with Gasteiger partial charge in [0.05, 0.1) is 6.26 Å². The highest BCUT2D eigenvalue weighted by molar-refractivity contribution is 7.89. The third kappa shape index (κ3) is 6.48. The highest BCUT2D eigenvalue weighted by Crippen LogP contribution is 2.44. The molecule has 1 aliphatic carbocycles. The second-order valence-corrected chi connectivity index (χ2v) is 10.4. The van der Waals surface area contributed by atoms with Gasteiger partial charge >= 0.3 is 6.09 Å². The average molecular weight is 519 g/mol. The summed E-state index contributed by atoms with van der Waals surface area (Å²) < 4.78 is 36.1. The zero-order valence-corrected chi connectivity index (χ0v) is 21.0. The molecule has 190 valence electrons. The van der Waals surface area contributed by atoms with Gasteiger partial charge in [-0.05, 0) is 39.9 Å². The number of carbonyl (C=O) groups excluding carboxylic acids is 2. The summed E-state index contributed by atoms with van der Waals surface area (Å²) in [6.45, 7) is 0.170. The molecule has 1 atom stereocenters. The number of carbonyl (C=O) groups is 2. The first kappa shape index (κ1) is 25.8. The second kappa shape index (κ2) is 11.2. The van der Waals surface area contributed by atoms with Gasteiger partial charge in [-0.3, -0.25) is 9.52 Å². The van der Waals surface area contributed by atoms with Crippen molar-refractivity contribution in [3.63, 3.8) is 0 Å². The summed E-state index contributed by atoms with van der Waals surface area (Å²) in [5, 5.41) is 2.51. The Morgan fingerprint density at radius 3 is 2.14 bits per heavy atom. The van der Waals surface area contributed by atoms with E-state index in [4.69, 9.17) is 15.9 Å². The quantitative estimate of drug-likeness (QED) is 0.421. The number of alkyl carbamates (subject to hydrolysis) is 1. The Labute approximate surface area is 216 Å². The van der Waals surface area contributed by atoms with Crippen molar-refractivity contribution in [2.75, 3.05) is 19.5 Å². The van der Waals surface area contributed by atoms with Crippen molar-refractivity contribution < 1.29 is 27.5 Å². The maximum Gasteiger partial charge on any atom is 0.407 e. The molecule has 0 unspecified atom stereocenters. The van der Waals surface area contributed by atoms with Crippen molar-refractivity contribution in [2.24, 2.45) is 0 Å². The lowest BCUT2D eigenvalue weighted by atomic mass is 9.98. The Kier molecular flexibility index (Phi) is 7.80. The maximum atomic E-state index is 12.8. The van der Waals surface area contributed by atoms with Crippen LogP contribution in [0.3, 0.4) is 0 Å². The summed E-state index contributed by atoms with van der Waals surface area (Å²) >= 11 is 0. The van der Waals surface area contributed by atoms with Gasteiger partial charge in [0.25, 0.3) is 5.91 Å². The van der Waals surface area contributed by atoms with Gasteiger partial charge in [0.2, 0.25) is 10.0 Å². The Morgan fingerprint density at radius 2 is 1.57 bits per heavy atom. The van der Waals surface area contributed by atoms with Crippen molar-refractivity contribution in [1.29, 1.82) is 0 Å². The maximum absolute atomic E-state index is 12.8. The molecule has 8 nitrogen and oxygen atoms in total. The van der Waals surface area contributed by atoms with Crippen LogP contribution in [0, 0.1) is 12.3 Å². The molecule has 4 rings (SSSR count). The predicted molar refractivity (Wildman–Crippen MR) is 139 cm³/mol. The molecule has 2 N–H and O–H groups in total. The molecule has 0 saturated heterocycles. The van der Waals surface area contributed by atoms with Gasteiger partial charge in [-0.15, -0.1) is 6.42 Å². The minimum atomic E-state index is -3.84. The number of sulfonamides is 1. The lowest BCUT2D eigenvalue weighted by Gasteiger charge is -2.19. The van der Waals surface area contributed by atoms with Crippen LogP contribution in [0.5, 0.6) is 5.75 Å². The van der Waals surface area contributed by atoms with E-state index in [0.29, 0.717) is 11.3 Å². The van der Waals surface area contributed by atoms with Crippen LogP contribution in [0.1, 0.15) is 22.6 Å². The molecule has 0 saturated carbocycles. The summed E-state index contributed by atoms with van der Waals surface area (Å²) in [5.41, 5.74) is 4.95. The molecule has 37 heavy (non-hydrogen) atoms. The molecule has 3 aromatic carbocycles. The van der Waals surface area contributed by atoms with Gasteiger partial charge < -0.3 is 14.8 Å². The van der Waals surface area contributed by atoms with E-state index in [1.54, 1.807) is 24.3 Å². The molecule has 0 spiro atoms. The number of terminal acetylenes is 1. The number of benzene rings is 3. The van der Waals surface area contributed by atoms with E-state index in [1.807, 2.05) is 53.3 Å². The summed E-state index contributed by atoms with van der Waals surface area (Å²) in [6, 6.07) is 21.4. The first-order valence-corrected chi connectivity index (χ1v) is 13.4. The van der Waals surface area contributed by atoms with Gasteiger partial charge in [-0.2, -0.15) is 0 Å². The largest absolute Gasteiger partial charge is 0.481 e. The van der Waals surface area contributed by atoms with Crippen LogP contribution in [-0.4, -0.2) is 45.9 Å². The Hall–Kier alpha value is -4.29. The lowest BCUT2D eigenvalue weighted by molar-refractivity contribution is -0.121. The average Bonchev–Trinajstić information content (AvgIpc) is 3.19. The molecule has 3 aromatic rings. The van der Waals surface area contributed by atoms with Crippen molar-refractivity contribution in [3.8, 4) is 29.2 Å². The Morgan fingerprint density at radius 1 is 0.973 bits per heavy atom. The van der Waals surface area contributed by atoms with E-state index in [2.05, 4.69) is 11.2 Å². The standard InChI is InChI=1S/C28H26N2O6S/c1-3-16-35-20-14-12-19(13-15-20)17-26(27(31)30-37(2,33)34)29-28(32)36-18-25-23-10-6-4-8-21(23)22-9-5-7-11-24(22)25/h1,4-15,25-26H,16-18H2,2H3,(H,29,32)(H,30,31)/t26-/m0/s1. The fraction of sp³-hybridized carbons (Fsp3) is 0.214. The summed E-state index contributed by atoms with van der Waals surface area (Å²) in [6.07, 6.45) is 5.26. The van der Waals surface area contributed by atoms with Gasteiger partial charge in [0.15, 0.2) is 0 Å². The van der Waals surface area contributed by atoms with Gasteiger partial charge in [-0.1, -0.05) is 66.6 Å². The number of nitrogens with one attached hydrogen (secondary N) is 2. The van der Waals surface area contributed by atoms with Gasteiger partial charge in [-0.25, -0.2) is 13.2 Å². The molecule has 2 amide bonds. The summed E-state index contributed by atoms with van der Waals surface area (Å²) in [4.78, 5) is 25.5.